The second kappa shape index (κ2) is 3.90. The Kier molecular flexibility index (Phi) is 3.03. The van der Waals surface area contributed by atoms with Gasteiger partial charge in [0.2, 0.25) is 5.82 Å². The molecule has 0 atom stereocenters. The molecule has 0 radical (unpaired) electrons. The van der Waals surface area contributed by atoms with Crippen LogP contribution in [-0.4, -0.2) is 6.61 Å². The van der Waals surface area contributed by atoms with Gasteiger partial charge >= 0.3 is 0 Å². The molecule has 0 spiro atoms. The standard InChI is InChI=1S/C10H11F3O/c1-4-14-10-8(12)6(3)5(2)7(11)9(10)13/h4H2,1-3H3. The van der Waals surface area contributed by atoms with Crippen molar-refractivity contribution in [2.45, 2.75) is 20.8 Å². The molecule has 0 aliphatic carbocycles. The zero-order chi connectivity index (χ0) is 10.9. The van der Waals surface area contributed by atoms with Crippen LogP contribution in [0.3, 0.4) is 0 Å². The van der Waals surface area contributed by atoms with Crippen LogP contribution in [0.2, 0.25) is 0 Å². The molecule has 0 unspecified atom stereocenters. The maximum absolute atomic E-state index is 13.4. The Hall–Kier alpha value is -1.19. The molecule has 0 saturated heterocycles. The van der Waals surface area contributed by atoms with Gasteiger partial charge in [0.1, 0.15) is 0 Å². The lowest BCUT2D eigenvalue weighted by Gasteiger charge is -2.11. The predicted octanol–water partition coefficient (Wildman–Crippen LogP) is 3.12. The Labute approximate surface area is 80.5 Å². The third kappa shape index (κ3) is 1.56. The molecule has 14 heavy (non-hydrogen) atoms. The zero-order valence-electron chi connectivity index (χ0n) is 8.25. The van der Waals surface area contributed by atoms with E-state index in [1.807, 2.05) is 0 Å². The minimum atomic E-state index is -1.26. The van der Waals surface area contributed by atoms with E-state index in [0.29, 0.717) is 0 Å². The number of halogens is 3. The molecule has 1 aromatic rings. The highest BCUT2D eigenvalue weighted by Crippen LogP contribution is 2.29. The van der Waals surface area contributed by atoms with Crippen molar-refractivity contribution in [3.8, 4) is 5.75 Å². The lowest BCUT2D eigenvalue weighted by molar-refractivity contribution is 0.293. The first-order chi connectivity index (χ1) is 6.50. The second-order valence-electron chi connectivity index (χ2n) is 2.95. The van der Waals surface area contributed by atoms with Gasteiger partial charge in [0.25, 0.3) is 0 Å². The lowest BCUT2D eigenvalue weighted by Crippen LogP contribution is -2.04. The average molecular weight is 204 g/mol. The van der Waals surface area contributed by atoms with Crippen molar-refractivity contribution in [2.24, 2.45) is 0 Å². The van der Waals surface area contributed by atoms with Crippen LogP contribution >= 0.6 is 0 Å². The van der Waals surface area contributed by atoms with Crippen molar-refractivity contribution in [2.75, 3.05) is 6.61 Å². The van der Waals surface area contributed by atoms with Crippen LogP contribution in [0.1, 0.15) is 18.1 Å². The Morgan fingerprint density at radius 2 is 1.43 bits per heavy atom. The van der Waals surface area contributed by atoms with Crippen molar-refractivity contribution in [1.29, 1.82) is 0 Å². The largest absolute Gasteiger partial charge is 0.488 e. The van der Waals surface area contributed by atoms with Crippen LogP contribution in [0.25, 0.3) is 0 Å². The van der Waals surface area contributed by atoms with Crippen molar-refractivity contribution in [3.63, 3.8) is 0 Å². The molecule has 0 aromatic heterocycles. The minimum absolute atomic E-state index is 0.0246. The quantitative estimate of drug-likeness (QED) is 0.672. The van der Waals surface area contributed by atoms with Gasteiger partial charge in [-0.25, -0.2) is 8.78 Å². The molecule has 78 valence electrons. The molecule has 4 heteroatoms. The number of benzene rings is 1. The summed E-state index contributed by atoms with van der Waals surface area (Å²) >= 11 is 0. The summed E-state index contributed by atoms with van der Waals surface area (Å²) in [5, 5.41) is 0. The summed E-state index contributed by atoms with van der Waals surface area (Å²) in [6.45, 7) is 4.38. The first-order valence-electron chi connectivity index (χ1n) is 4.27. The fourth-order valence-corrected chi connectivity index (χ4v) is 1.13. The van der Waals surface area contributed by atoms with Gasteiger partial charge in [0, 0.05) is 0 Å². The molecular formula is C10H11F3O. The highest BCUT2D eigenvalue weighted by molar-refractivity contribution is 5.38. The Morgan fingerprint density at radius 1 is 0.929 bits per heavy atom. The molecule has 0 heterocycles. The summed E-state index contributed by atoms with van der Waals surface area (Å²) in [5.41, 5.74) is 0.0517. The molecule has 1 rings (SSSR count). The van der Waals surface area contributed by atoms with E-state index in [0.717, 1.165) is 0 Å². The third-order valence-electron chi connectivity index (χ3n) is 2.10. The molecule has 0 saturated carbocycles. The topological polar surface area (TPSA) is 9.23 Å². The monoisotopic (exact) mass is 204 g/mol. The van der Waals surface area contributed by atoms with Gasteiger partial charge in [0.05, 0.1) is 6.61 Å². The Morgan fingerprint density at radius 3 is 1.93 bits per heavy atom. The summed E-state index contributed by atoms with van der Waals surface area (Å²) in [5.74, 6) is -3.77. The summed E-state index contributed by atoms with van der Waals surface area (Å²) in [6, 6.07) is 0. The van der Waals surface area contributed by atoms with Crippen LogP contribution in [0.5, 0.6) is 5.75 Å². The molecule has 1 nitrogen and oxygen atoms in total. The molecule has 0 bridgehead atoms. The van der Waals surface area contributed by atoms with Crippen molar-refractivity contribution in [1.82, 2.24) is 0 Å². The van der Waals surface area contributed by atoms with Gasteiger partial charge in [0.15, 0.2) is 17.4 Å². The van der Waals surface area contributed by atoms with Gasteiger partial charge in [-0.15, -0.1) is 0 Å². The average Bonchev–Trinajstić information content (AvgIpc) is 2.19. The molecule has 1 aromatic carbocycles. The van der Waals surface area contributed by atoms with E-state index in [1.165, 1.54) is 13.8 Å². The Bertz CT molecular complexity index is 332. The van der Waals surface area contributed by atoms with E-state index in [-0.39, 0.29) is 17.7 Å². The van der Waals surface area contributed by atoms with Crippen LogP contribution in [0, 0.1) is 31.3 Å². The SMILES string of the molecule is CCOc1c(F)c(C)c(C)c(F)c1F. The molecule has 0 aliphatic heterocycles. The van der Waals surface area contributed by atoms with Crippen LogP contribution in [-0.2, 0) is 0 Å². The second-order valence-corrected chi connectivity index (χ2v) is 2.95. The van der Waals surface area contributed by atoms with Crippen molar-refractivity contribution < 1.29 is 17.9 Å². The van der Waals surface area contributed by atoms with E-state index < -0.39 is 23.2 Å². The number of hydrogen-bond donors (Lipinski definition) is 0. The fraction of sp³-hybridized carbons (Fsp3) is 0.400. The number of ether oxygens (including phenoxy) is 1. The van der Waals surface area contributed by atoms with Gasteiger partial charge < -0.3 is 4.74 Å². The minimum Gasteiger partial charge on any atom is -0.488 e. The van der Waals surface area contributed by atoms with Crippen molar-refractivity contribution in [3.05, 3.63) is 28.6 Å². The van der Waals surface area contributed by atoms with E-state index in [9.17, 15) is 13.2 Å². The summed E-state index contributed by atoms with van der Waals surface area (Å²) < 4.78 is 44.3. The van der Waals surface area contributed by atoms with E-state index in [2.05, 4.69) is 0 Å². The van der Waals surface area contributed by atoms with E-state index >= 15 is 0 Å². The zero-order valence-corrected chi connectivity index (χ0v) is 8.25. The van der Waals surface area contributed by atoms with Gasteiger partial charge in [-0.2, -0.15) is 4.39 Å². The van der Waals surface area contributed by atoms with Crippen LogP contribution in [0.15, 0.2) is 0 Å². The highest BCUT2D eigenvalue weighted by atomic mass is 19.2. The highest BCUT2D eigenvalue weighted by Gasteiger charge is 2.21. The summed E-state index contributed by atoms with van der Waals surface area (Å²) in [7, 11) is 0. The summed E-state index contributed by atoms with van der Waals surface area (Å²) in [4.78, 5) is 0. The van der Waals surface area contributed by atoms with E-state index in [1.54, 1.807) is 6.92 Å². The maximum atomic E-state index is 13.4. The smallest absolute Gasteiger partial charge is 0.203 e. The fourth-order valence-electron chi connectivity index (χ4n) is 1.13. The van der Waals surface area contributed by atoms with Gasteiger partial charge in [-0.1, -0.05) is 0 Å². The number of hydrogen-bond acceptors (Lipinski definition) is 1. The molecular weight excluding hydrogens is 193 g/mol. The lowest BCUT2D eigenvalue weighted by atomic mass is 10.1. The number of rotatable bonds is 2. The van der Waals surface area contributed by atoms with Crippen molar-refractivity contribution >= 4 is 0 Å². The van der Waals surface area contributed by atoms with Gasteiger partial charge in [-0.3, -0.25) is 0 Å². The molecule has 0 fully saturated rings. The van der Waals surface area contributed by atoms with Gasteiger partial charge in [-0.05, 0) is 31.9 Å². The molecule has 0 amide bonds. The normalized spacial score (nSPS) is 10.4. The van der Waals surface area contributed by atoms with Crippen LogP contribution < -0.4 is 4.74 Å². The third-order valence-corrected chi connectivity index (χ3v) is 2.10. The van der Waals surface area contributed by atoms with Crippen LogP contribution in [0.4, 0.5) is 13.2 Å². The summed E-state index contributed by atoms with van der Waals surface area (Å²) in [6.07, 6.45) is 0. The first kappa shape index (κ1) is 10.9. The Balaban J connectivity index is 3.43. The molecule has 0 aliphatic rings. The maximum Gasteiger partial charge on any atom is 0.203 e. The predicted molar refractivity (Wildman–Crippen MR) is 47.0 cm³/mol. The molecule has 0 N–H and O–H groups in total. The van der Waals surface area contributed by atoms with E-state index in [4.69, 9.17) is 4.74 Å². The first-order valence-corrected chi connectivity index (χ1v) is 4.27.